The quantitative estimate of drug-likeness (QED) is 0.124. The predicted molar refractivity (Wildman–Crippen MR) is 203 cm³/mol. The van der Waals surface area contributed by atoms with Gasteiger partial charge in [0.2, 0.25) is 5.71 Å². The molecule has 0 atom stereocenters. The summed E-state index contributed by atoms with van der Waals surface area (Å²) in [5.74, 6) is 0.127. The van der Waals surface area contributed by atoms with E-state index in [1.807, 2.05) is 36.5 Å². The van der Waals surface area contributed by atoms with Crippen molar-refractivity contribution in [2.75, 3.05) is 0 Å². The number of hydrogen-bond donors (Lipinski definition) is 0. The first-order valence-corrected chi connectivity index (χ1v) is 20.1. The molecule has 7 rings (SSSR count). The molecule has 0 bridgehead atoms. The maximum atomic E-state index is 8.90. The molecule has 4 aromatic heterocycles. The van der Waals surface area contributed by atoms with E-state index < -0.39 is 39.9 Å². The molecule has 2 aromatic carbocycles. The molecule has 0 unspecified atom stereocenters. The van der Waals surface area contributed by atoms with E-state index in [9.17, 15) is 0 Å². The van der Waals surface area contributed by atoms with Crippen molar-refractivity contribution in [3.05, 3.63) is 108 Å². The molecule has 1 aliphatic carbocycles. The monoisotopic (exact) mass is 854 g/mol. The maximum absolute atomic E-state index is 8.90. The third kappa shape index (κ3) is 8.84. The Morgan fingerprint density at radius 1 is 0.898 bits per heavy atom. The van der Waals surface area contributed by atoms with Gasteiger partial charge in [-0.15, -0.1) is 54.1 Å². The van der Waals surface area contributed by atoms with E-state index in [0.717, 1.165) is 47.7 Å². The van der Waals surface area contributed by atoms with Gasteiger partial charge in [0.1, 0.15) is 0 Å². The van der Waals surface area contributed by atoms with E-state index in [2.05, 4.69) is 46.7 Å². The molecule has 1 saturated carbocycles. The van der Waals surface area contributed by atoms with Gasteiger partial charge < -0.3 is 14.4 Å². The predicted octanol–water partition coefficient (Wildman–Crippen LogP) is 10.9. The second-order valence-electron chi connectivity index (χ2n) is 14.5. The molecule has 0 saturated heterocycles. The van der Waals surface area contributed by atoms with E-state index in [-0.39, 0.29) is 54.3 Å². The SMILES string of the molecule is [2H]C([2H])([2H])c1ccc2c(n1)oc1c(-c3cc(C([2H])([2H])C(C)(C)C)c(C([2H])([2H])[2H])cn3)[c-]ccc12.[2H]C([2H])(c1cc(-c2[c-]cccc2)ncc1[Si](C)(C)C)C1CCCC1.[Ir]. The Labute approximate surface area is 321 Å². The summed E-state index contributed by atoms with van der Waals surface area (Å²) in [6, 6.07) is 24.0. The third-order valence-corrected chi connectivity index (χ3v) is 10.4. The summed E-state index contributed by atoms with van der Waals surface area (Å²) in [5, 5.41) is 2.43. The van der Waals surface area contributed by atoms with Gasteiger partial charge >= 0.3 is 0 Å². The number of rotatable bonds is 6. The largest absolute Gasteiger partial charge is 0.486 e. The maximum Gasteiger partial charge on any atom is 0.216 e. The molecular formula is C43H49IrN3OSi-2. The molecule has 0 aliphatic heterocycles. The number of fused-ring (bicyclic) bond motifs is 3. The average Bonchev–Trinajstić information content (AvgIpc) is 3.83. The number of furan rings is 1. The van der Waals surface area contributed by atoms with Crippen molar-refractivity contribution in [3.63, 3.8) is 0 Å². The smallest absolute Gasteiger partial charge is 0.216 e. The van der Waals surface area contributed by atoms with Gasteiger partial charge in [0, 0.05) is 57.3 Å². The van der Waals surface area contributed by atoms with Crippen LogP contribution in [0.15, 0.2) is 77.5 Å². The zero-order valence-corrected chi connectivity index (χ0v) is 32.3. The van der Waals surface area contributed by atoms with Crippen LogP contribution in [0.4, 0.5) is 0 Å². The van der Waals surface area contributed by atoms with Crippen LogP contribution in [0.2, 0.25) is 19.6 Å². The molecular weight excluding hydrogens is 795 g/mol. The normalized spacial score (nSPS) is 17.8. The summed E-state index contributed by atoms with van der Waals surface area (Å²) in [5.41, 5.74) is 2.70. The van der Waals surface area contributed by atoms with Crippen LogP contribution in [0.3, 0.4) is 0 Å². The molecule has 1 aliphatic rings. The van der Waals surface area contributed by atoms with Gasteiger partial charge in [-0.1, -0.05) is 100 Å². The van der Waals surface area contributed by atoms with Gasteiger partial charge in [-0.25, -0.2) is 4.98 Å². The number of aryl methyl sites for hydroxylation is 2. The van der Waals surface area contributed by atoms with Gasteiger partial charge in [-0.3, -0.25) is 0 Å². The van der Waals surface area contributed by atoms with Gasteiger partial charge in [0.05, 0.1) is 13.7 Å². The van der Waals surface area contributed by atoms with E-state index in [1.54, 1.807) is 39.0 Å². The van der Waals surface area contributed by atoms with Crippen LogP contribution in [0.1, 0.15) is 82.5 Å². The number of nitrogens with zero attached hydrogens (tertiary/aromatic N) is 3. The Morgan fingerprint density at radius 2 is 1.67 bits per heavy atom. The van der Waals surface area contributed by atoms with Crippen LogP contribution in [0.25, 0.3) is 44.6 Å². The Hall–Kier alpha value is -3.44. The summed E-state index contributed by atoms with van der Waals surface area (Å²) in [6.07, 6.45) is 4.14. The molecule has 4 nitrogen and oxygen atoms in total. The van der Waals surface area contributed by atoms with Crippen molar-refractivity contribution >= 4 is 35.3 Å². The first-order valence-electron chi connectivity index (χ1n) is 21.6. The summed E-state index contributed by atoms with van der Waals surface area (Å²) in [4.78, 5) is 13.1. The minimum absolute atomic E-state index is 0. The minimum Gasteiger partial charge on any atom is -0.486 e. The Balaban J connectivity index is 0.000000233. The van der Waals surface area contributed by atoms with Crippen LogP contribution < -0.4 is 5.19 Å². The zero-order chi connectivity index (χ0) is 42.6. The molecule has 0 N–H and O–H groups in total. The topological polar surface area (TPSA) is 51.8 Å². The van der Waals surface area contributed by atoms with Crippen LogP contribution in [-0.2, 0) is 32.9 Å². The van der Waals surface area contributed by atoms with Gasteiger partial charge in [-0.05, 0) is 72.1 Å². The minimum atomic E-state index is -2.55. The van der Waals surface area contributed by atoms with Crippen LogP contribution in [-0.4, -0.2) is 23.0 Å². The van der Waals surface area contributed by atoms with Gasteiger partial charge in [0.15, 0.2) is 0 Å². The van der Waals surface area contributed by atoms with Crippen LogP contribution >= 0.6 is 0 Å². The molecule has 1 radical (unpaired) electrons. The van der Waals surface area contributed by atoms with Crippen molar-refractivity contribution in [2.24, 2.45) is 11.3 Å². The van der Waals surface area contributed by atoms with Crippen molar-refractivity contribution in [1.29, 1.82) is 0 Å². The van der Waals surface area contributed by atoms with E-state index in [4.69, 9.17) is 18.1 Å². The molecule has 49 heavy (non-hydrogen) atoms. The summed E-state index contributed by atoms with van der Waals surface area (Å²) in [7, 11) is -1.68. The number of hydrogen-bond acceptors (Lipinski definition) is 4. The molecule has 6 heteroatoms. The third-order valence-electron chi connectivity index (χ3n) is 8.38. The molecule has 6 aromatic rings. The van der Waals surface area contributed by atoms with E-state index >= 15 is 0 Å². The fourth-order valence-corrected chi connectivity index (χ4v) is 7.48. The molecule has 0 amide bonds. The number of benzene rings is 2. The van der Waals surface area contributed by atoms with E-state index in [0.29, 0.717) is 21.9 Å². The van der Waals surface area contributed by atoms with Crippen molar-refractivity contribution in [1.82, 2.24) is 15.0 Å². The second-order valence-corrected chi connectivity index (χ2v) is 19.5. The second kappa shape index (κ2) is 15.2. The van der Waals surface area contributed by atoms with Crippen molar-refractivity contribution in [2.45, 2.75) is 92.5 Å². The first kappa shape index (κ1) is 25.5. The summed E-state index contributed by atoms with van der Waals surface area (Å²) in [6.45, 7) is 6.99. The van der Waals surface area contributed by atoms with Crippen LogP contribution in [0.5, 0.6) is 0 Å². The molecule has 1 fully saturated rings. The number of aromatic nitrogens is 3. The summed E-state index contributed by atoms with van der Waals surface area (Å²) >= 11 is 0. The zero-order valence-electron chi connectivity index (χ0n) is 38.9. The Morgan fingerprint density at radius 3 is 2.37 bits per heavy atom. The van der Waals surface area contributed by atoms with Crippen LogP contribution in [0, 0.1) is 37.2 Å². The van der Waals surface area contributed by atoms with Gasteiger partial charge in [0.25, 0.3) is 0 Å². The average molecular weight is 854 g/mol. The van der Waals surface area contributed by atoms with Crippen molar-refractivity contribution in [3.8, 4) is 22.5 Å². The van der Waals surface area contributed by atoms with Gasteiger partial charge in [-0.2, -0.15) is 0 Å². The Bertz CT molecular complexity index is 2430. The van der Waals surface area contributed by atoms with E-state index in [1.165, 1.54) is 18.3 Å². The molecule has 257 valence electrons. The fourth-order valence-electron chi connectivity index (χ4n) is 6.07. The standard InChI is InChI=1S/C23H23N2O.C20H26NSi.Ir/c1-14-13-24-20(11-16(14)12-23(3,4)5)19-8-6-7-17-18-10-9-15(2)25-22(18)26-21(17)19;1-22(2,3)20-15-21-19(17-11-5-4-6-12-17)14-18(20)13-16-9-7-8-10-16;/h6-7,9-11,13H,12H2,1-5H3;4-6,11,14-16H,7-10,13H2,1-3H3;/q2*-1;/i1D3,2D3,12D2;13D2;. The fraction of sp³-hybridized carbons (Fsp3) is 0.372. The molecule has 0 spiro atoms. The molecule has 4 heterocycles. The first-order chi connectivity index (χ1) is 26.8. The number of pyridine rings is 3. The Kier molecular flexibility index (Phi) is 7.91. The summed E-state index contributed by atoms with van der Waals surface area (Å²) < 4.78 is 87.6. The van der Waals surface area contributed by atoms with Crippen molar-refractivity contribution < 1.29 is 38.2 Å².